The van der Waals surface area contributed by atoms with Crippen molar-refractivity contribution in [2.24, 2.45) is 5.92 Å². The van der Waals surface area contributed by atoms with Gasteiger partial charge in [0.05, 0.1) is 11.5 Å². The number of sulfone groups is 1. The zero-order chi connectivity index (χ0) is 16.6. The van der Waals surface area contributed by atoms with Gasteiger partial charge in [0.1, 0.15) is 15.5 Å². The molecule has 2 saturated heterocycles. The summed E-state index contributed by atoms with van der Waals surface area (Å²) in [6.45, 7) is 3.26. The van der Waals surface area contributed by atoms with Gasteiger partial charge in [0.15, 0.2) is 0 Å². The molecule has 2 aromatic rings. The lowest BCUT2D eigenvalue weighted by Crippen LogP contribution is -2.39. The molecule has 6 heteroatoms. The van der Waals surface area contributed by atoms with Crippen molar-refractivity contribution in [3.05, 3.63) is 30.1 Å². The fourth-order valence-electron chi connectivity index (χ4n) is 4.28. The summed E-state index contributed by atoms with van der Waals surface area (Å²) in [5.74, 6) is 1.84. The highest BCUT2D eigenvalue weighted by Gasteiger charge is 2.28. The lowest BCUT2D eigenvalue weighted by molar-refractivity contribution is 0.174. The van der Waals surface area contributed by atoms with E-state index < -0.39 is 9.84 Å². The van der Waals surface area contributed by atoms with Crippen LogP contribution in [0.3, 0.4) is 0 Å². The molecular weight excluding hydrogens is 322 g/mol. The fourth-order valence-corrected chi connectivity index (χ4v) is 5.87. The Morgan fingerprint density at radius 1 is 1.25 bits per heavy atom. The Kier molecular flexibility index (Phi) is 4.35. The van der Waals surface area contributed by atoms with Crippen LogP contribution in [0.4, 0.5) is 0 Å². The van der Waals surface area contributed by atoms with Crippen molar-refractivity contribution >= 4 is 20.9 Å². The first-order chi connectivity index (χ1) is 11.6. The molecule has 130 valence electrons. The number of hydrogen-bond acceptors (Lipinski definition) is 4. The largest absolute Gasteiger partial charge is 0.346 e. The third kappa shape index (κ3) is 3.35. The number of fused-ring (bicyclic) bond motifs is 1. The summed E-state index contributed by atoms with van der Waals surface area (Å²) in [6, 6.07) is 4.15. The smallest absolute Gasteiger partial charge is 0.150 e. The average molecular weight is 347 g/mol. The van der Waals surface area contributed by atoms with Crippen molar-refractivity contribution in [1.82, 2.24) is 14.9 Å². The van der Waals surface area contributed by atoms with Crippen LogP contribution in [0.25, 0.3) is 11.0 Å². The molecule has 24 heavy (non-hydrogen) atoms. The van der Waals surface area contributed by atoms with Gasteiger partial charge in [0.25, 0.3) is 0 Å². The van der Waals surface area contributed by atoms with Gasteiger partial charge in [0.2, 0.25) is 0 Å². The van der Waals surface area contributed by atoms with E-state index in [0.29, 0.717) is 23.3 Å². The van der Waals surface area contributed by atoms with Gasteiger partial charge in [-0.05, 0) is 61.8 Å². The van der Waals surface area contributed by atoms with Gasteiger partial charge >= 0.3 is 0 Å². The number of piperidine rings is 1. The number of H-pyrrole nitrogens is 1. The molecule has 1 atom stereocenters. The van der Waals surface area contributed by atoms with Gasteiger partial charge in [-0.2, -0.15) is 0 Å². The molecule has 0 unspecified atom stereocenters. The van der Waals surface area contributed by atoms with Gasteiger partial charge in [-0.1, -0.05) is 0 Å². The highest BCUT2D eigenvalue weighted by molar-refractivity contribution is 7.91. The Morgan fingerprint density at radius 2 is 2.08 bits per heavy atom. The van der Waals surface area contributed by atoms with Gasteiger partial charge in [-0.15, -0.1) is 0 Å². The standard InChI is InChI=1S/C18H25N3O2S/c22-24(23)9-5-14(6-10-24)12-21-8-2-3-15(13-21)17-11-20-18-16(17)4-1-7-19-18/h1,4,7,11,14-15H,2-3,5-6,8-10,12-13H2,(H,19,20)/t15-/m0/s1. The number of aromatic nitrogens is 2. The molecule has 5 nitrogen and oxygen atoms in total. The second-order valence-electron chi connectivity index (χ2n) is 7.34. The summed E-state index contributed by atoms with van der Waals surface area (Å²) < 4.78 is 23.2. The lowest BCUT2D eigenvalue weighted by atomic mass is 9.89. The molecule has 0 spiro atoms. The Hall–Kier alpha value is -1.40. The first kappa shape index (κ1) is 16.1. The predicted molar refractivity (Wildman–Crippen MR) is 95.9 cm³/mol. The molecule has 0 bridgehead atoms. The lowest BCUT2D eigenvalue weighted by Gasteiger charge is -2.36. The SMILES string of the molecule is O=S1(=O)CCC(CN2CCC[C@H](c3c[nH]c4ncccc34)C2)CC1. The monoisotopic (exact) mass is 347 g/mol. The normalized spacial score (nSPS) is 25.9. The minimum Gasteiger partial charge on any atom is -0.346 e. The number of hydrogen-bond donors (Lipinski definition) is 1. The van der Waals surface area contributed by atoms with Crippen molar-refractivity contribution in [2.75, 3.05) is 31.1 Å². The van der Waals surface area contributed by atoms with Crippen molar-refractivity contribution in [1.29, 1.82) is 0 Å². The van der Waals surface area contributed by atoms with E-state index in [1.807, 2.05) is 12.3 Å². The number of rotatable bonds is 3. The predicted octanol–water partition coefficient (Wildman–Crippen LogP) is 2.57. The van der Waals surface area contributed by atoms with Gasteiger partial charge < -0.3 is 9.88 Å². The Balaban J connectivity index is 1.42. The summed E-state index contributed by atoms with van der Waals surface area (Å²) >= 11 is 0. The highest BCUT2D eigenvalue weighted by Crippen LogP contribution is 2.32. The first-order valence-corrected chi connectivity index (χ1v) is 10.8. The zero-order valence-electron chi connectivity index (χ0n) is 13.9. The molecule has 2 aromatic heterocycles. The Morgan fingerprint density at radius 3 is 2.92 bits per heavy atom. The third-order valence-electron chi connectivity index (χ3n) is 5.62. The molecule has 4 heterocycles. The maximum atomic E-state index is 11.6. The van der Waals surface area contributed by atoms with Crippen molar-refractivity contribution in [3.8, 4) is 0 Å². The van der Waals surface area contributed by atoms with E-state index in [0.717, 1.165) is 38.1 Å². The number of nitrogens with one attached hydrogen (secondary N) is 1. The van der Waals surface area contributed by atoms with Gasteiger partial charge in [-0.3, -0.25) is 0 Å². The minimum atomic E-state index is -2.76. The van der Waals surface area contributed by atoms with E-state index in [1.165, 1.54) is 23.8 Å². The molecule has 0 radical (unpaired) electrons. The van der Waals surface area contributed by atoms with Crippen LogP contribution in [0.15, 0.2) is 24.5 Å². The average Bonchev–Trinajstić information content (AvgIpc) is 3.01. The van der Waals surface area contributed by atoms with Crippen molar-refractivity contribution in [2.45, 2.75) is 31.6 Å². The van der Waals surface area contributed by atoms with Crippen LogP contribution >= 0.6 is 0 Å². The second kappa shape index (κ2) is 6.48. The summed E-state index contributed by atoms with van der Waals surface area (Å²) in [6.07, 6.45) is 8.05. The van der Waals surface area contributed by atoms with Gasteiger partial charge in [-0.25, -0.2) is 13.4 Å². The number of nitrogens with zero attached hydrogens (tertiary/aromatic N) is 2. The number of likely N-dealkylation sites (tertiary alicyclic amines) is 1. The van der Waals surface area contributed by atoms with Crippen LogP contribution in [-0.4, -0.2) is 54.4 Å². The van der Waals surface area contributed by atoms with Crippen LogP contribution in [0.2, 0.25) is 0 Å². The summed E-state index contributed by atoms with van der Waals surface area (Å²) in [5.41, 5.74) is 2.36. The second-order valence-corrected chi connectivity index (χ2v) is 9.64. The van der Waals surface area contributed by atoms with Crippen molar-refractivity contribution < 1.29 is 8.42 Å². The summed E-state index contributed by atoms with van der Waals surface area (Å²) in [4.78, 5) is 10.2. The van der Waals surface area contributed by atoms with E-state index in [4.69, 9.17) is 0 Å². The van der Waals surface area contributed by atoms with E-state index >= 15 is 0 Å². The molecular formula is C18H25N3O2S. The minimum absolute atomic E-state index is 0.378. The quantitative estimate of drug-likeness (QED) is 0.927. The van der Waals surface area contributed by atoms with E-state index in [9.17, 15) is 8.42 Å². The number of pyridine rings is 1. The van der Waals surface area contributed by atoms with Crippen molar-refractivity contribution in [3.63, 3.8) is 0 Å². The maximum Gasteiger partial charge on any atom is 0.150 e. The molecule has 4 rings (SSSR count). The van der Waals surface area contributed by atoms with Crippen LogP contribution < -0.4 is 0 Å². The van der Waals surface area contributed by atoms with E-state index in [1.54, 1.807) is 0 Å². The number of aromatic amines is 1. The van der Waals surface area contributed by atoms with Gasteiger partial charge in [0, 0.05) is 30.9 Å². The maximum absolute atomic E-state index is 11.6. The summed E-state index contributed by atoms with van der Waals surface area (Å²) in [5, 5.41) is 1.24. The Bertz CT molecular complexity index is 801. The molecule has 2 aliphatic rings. The Labute approximate surface area is 143 Å². The molecule has 1 N–H and O–H groups in total. The first-order valence-electron chi connectivity index (χ1n) is 8.95. The molecule has 0 aromatic carbocycles. The molecule has 0 saturated carbocycles. The third-order valence-corrected chi connectivity index (χ3v) is 7.33. The molecule has 2 fully saturated rings. The fraction of sp³-hybridized carbons (Fsp3) is 0.611. The highest BCUT2D eigenvalue weighted by atomic mass is 32.2. The topological polar surface area (TPSA) is 66.1 Å². The summed E-state index contributed by atoms with van der Waals surface area (Å²) in [7, 11) is -2.76. The van der Waals surface area contributed by atoms with Crippen LogP contribution in [0, 0.1) is 5.92 Å². The molecule has 0 aliphatic carbocycles. The zero-order valence-corrected chi connectivity index (χ0v) is 14.8. The molecule has 0 amide bonds. The van der Waals surface area contributed by atoms with E-state index in [-0.39, 0.29) is 0 Å². The van der Waals surface area contributed by atoms with Crippen LogP contribution in [0.1, 0.15) is 37.2 Å². The van der Waals surface area contributed by atoms with E-state index in [2.05, 4.69) is 27.1 Å². The molecule has 2 aliphatic heterocycles. The van der Waals surface area contributed by atoms with Crippen LogP contribution in [-0.2, 0) is 9.84 Å². The van der Waals surface area contributed by atoms with Crippen LogP contribution in [0.5, 0.6) is 0 Å².